The molecule has 4 nitrogen and oxygen atoms in total. The summed E-state index contributed by atoms with van der Waals surface area (Å²) in [4.78, 5) is 4.83. The van der Waals surface area contributed by atoms with Crippen LogP contribution in [-0.2, 0) is 26.9 Å². The van der Waals surface area contributed by atoms with Crippen LogP contribution in [-0.4, -0.2) is 9.55 Å². The van der Waals surface area contributed by atoms with Crippen molar-refractivity contribution in [3.05, 3.63) is 58.8 Å². The normalized spacial score (nSPS) is 14.7. The van der Waals surface area contributed by atoms with Gasteiger partial charge in [0.15, 0.2) is 17.2 Å². The van der Waals surface area contributed by atoms with Crippen molar-refractivity contribution in [2.45, 2.75) is 19.8 Å². The molecule has 1 aliphatic heterocycles. The van der Waals surface area contributed by atoms with Gasteiger partial charge in [-0.3, -0.25) is 0 Å². The third-order valence-corrected chi connectivity index (χ3v) is 5.03. The molecule has 3 aromatic heterocycles. The minimum absolute atomic E-state index is 0. The molecule has 1 radical (unpaired) electrons. The first kappa shape index (κ1) is 13.2. The molecule has 4 heterocycles. The van der Waals surface area contributed by atoms with Crippen LogP contribution in [0.25, 0.3) is 16.9 Å². The topological polar surface area (TPSA) is 25.6 Å². The molecule has 0 saturated heterocycles. The van der Waals surface area contributed by atoms with Gasteiger partial charge in [0, 0.05) is 36.7 Å². The Balaban J connectivity index is 0.00000135. The Morgan fingerprint density at radius 1 is 1.17 bits per heavy atom. The zero-order chi connectivity index (χ0) is 15.0. The van der Waals surface area contributed by atoms with Crippen LogP contribution in [0.1, 0.15) is 22.8 Å². The number of hydrogen-bond acceptors (Lipinski definition) is 1. The van der Waals surface area contributed by atoms with E-state index in [4.69, 9.17) is 4.98 Å². The number of pyridine rings is 2. The van der Waals surface area contributed by atoms with Crippen LogP contribution in [0.15, 0.2) is 29.8 Å². The molecule has 1 aliphatic carbocycles. The average Bonchev–Trinajstić information content (AvgIpc) is 3.10. The Bertz CT molecular complexity index is 1010. The molecule has 0 N–H and O–H groups in total. The fourth-order valence-corrected chi connectivity index (χ4v) is 3.89. The average molecular weight is 536 g/mol. The van der Waals surface area contributed by atoms with E-state index in [1.807, 2.05) is 19.2 Å². The van der Waals surface area contributed by atoms with E-state index in [9.17, 15) is 0 Å². The second kappa shape index (κ2) is 4.03. The molecule has 0 unspecified atom stereocenters. The van der Waals surface area contributed by atoms with Crippen LogP contribution in [0.3, 0.4) is 0 Å². The molecule has 0 fully saturated rings. The van der Waals surface area contributed by atoms with E-state index in [0.717, 1.165) is 29.8 Å². The maximum atomic E-state index is 4.83. The maximum absolute atomic E-state index is 4.83. The van der Waals surface area contributed by atoms with Crippen molar-refractivity contribution < 1.29 is 9.13 Å². The van der Waals surface area contributed by atoms with E-state index in [1.165, 1.54) is 28.2 Å². The molecular weight excluding hydrogens is 519 g/mol. The number of aromatic nitrogens is 4. The van der Waals surface area contributed by atoms with Crippen molar-refractivity contribution in [3.8, 4) is 0 Å². The summed E-state index contributed by atoms with van der Waals surface area (Å²) in [5.41, 5.74) is 9.06. The maximum Gasteiger partial charge on any atom is 0.255 e. The van der Waals surface area contributed by atoms with Gasteiger partial charge in [0.25, 0.3) is 5.69 Å². The first-order valence-corrected chi connectivity index (χ1v) is 7.64. The second-order valence-corrected chi connectivity index (χ2v) is 6.31. The molecule has 23 heavy (non-hydrogen) atoms. The van der Waals surface area contributed by atoms with E-state index in [0.29, 0.717) is 0 Å². The third-order valence-electron chi connectivity index (χ3n) is 5.03. The monoisotopic (exact) mass is 536 g/mol. The predicted molar refractivity (Wildman–Crippen MR) is 81.8 cm³/mol. The van der Waals surface area contributed by atoms with Crippen LogP contribution in [0, 0.1) is 13.1 Å². The summed E-state index contributed by atoms with van der Waals surface area (Å²) in [6.45, 7) is 2.16. The molecule has 5 rings (SSSR count). The number of allylic oxidation sites excluding steroid dienone is 1. The van der Waals surface area contributed by atoms with Gasteiger partial charge in [-0.15, -0.1) is 12.1 Å². The van der Waals surface area contributed by atoms with Gasteiger partial charge in [0.2, 0.25) is 5.65 Å². The van der Waals surface area contributed by atoms with Crippen molar-refractivity contribution in [2.75, 3.05) is 0 Å². The minimum Gasteiger partial charge on any atom is -0.342 e. The molecule has 0 amide bonds. The van der Waals surface area contributed by atoms with Gasteiger partial charge in [-0.25, -0.2) is 9.55 Å². The van der Waals surface area contributed by atoms with Crippen molar-refractivity contribution in [1.82, 2.24) is 9.55 Å². The molecule has 2 aliphatic rings. The Hall–Kier alpha value is -3.49. The Morgan fingerprint density at radius 2 is 2.00 bits per heavy atom. The van der Waals surface area contributed by atoms with Crippen molar-refractivity contribution in [3.63, 3.8) is 0 Å². The number of nitrogens with zero attached hydrogens (tertiary/aromatic N) is 4. The van der Waals surface area contributed by atoms with E-state index in [2.05, 4.69) is 46.0 Å². The molecular formula is C18H17BkN4+. The SMILES string of the molecule is Cc1ccc2c([n+]1C)C1=C(C2)Cc2nc3cc[c-][n+](C)c3n21.[Bk]. The molecule has 0 spiro atoms. The number of imidazole rings is 1. The summed E-state index contributed by atoms with van der Waals surface area (Å²) in [5, 5.41) is 0. The zero-order valence-corrected chi connectivity index (χ0v) is 16.1. The standard InChI is InChI=1S/C18H17N4.Bk/c1-11-6-7-12-9-13-10-15-19-14-5-4-8-20(2)18(14)22(15)17(13)16(12)21(11)3;/h4-7H,9-10H2,1-3H3;/q+1;. The summed E-state index contributed by atoms with van der Waals surface area (Å²) in [6, 6.07) is 8.47. The number of rotatable bonds is 0. The summed E-state index contributed by atoms with van der Waals surface area (Å²) in [6.07, 6.45) is 5.25. The fraction of sp³-hybridized carbons (Fsp3) is 0.278. The molecule has 0 bridgehead atoms. The molecule has 117 valence electrons. The van der Waals surface area contributed by atoms with E-state index < -0.39 is 0 Å². The summed E-state index contributed by atoms with van der Waals surface area (Å²) >= 11 is 0. The van der Waals surface area contributed by atoms with E-state index >= 15 is 0 Å². The quantitative estimate of drug-likeness (QED) is 0.313. The second-order valence-electron chi connectivity index (χ2n) is 6.31. The Morgan fingerprint density at radius 3 is 2.83 bits per heavy atom. The first-order valence-electron chi connectivity index (χ1n) is 7.64. The third kappa shape index (κ3) is 1.42. The van der Waals surface area contributed by atoms with Crippen molar-refractivity contribution in [1.29, 1.82) is 0 Å². The molecule has 0 atom stereocenters. The van der Waals surface area contributed by atoms with Crippen LogP contribution >= 0.6 is 0 Å². The summed E-state index contributed by atoms with van der Waals surface area (Å²) in [5.74, 6) is 1.15. The first-order chi connectivity index (χ1) is 10.6. The molecule has 3 aromatic rings. The number of fused-ring (bicyclic) bond motifs is 6. The number of hydrogen-bond donors (Lipinski definition) is 0. The van der Waals surface area contributed by atoms with Gasteiger partial charge in [-0.1, -0.05) is 0 Å². The van der Waals surface area contributed by atoms with Crippen LogP contribution in [0.4, 0.5) is 0 Å². The smallest absolute Gasteiger partial charge is 0.255 e. The van der Waals surface area contributed by atoms with Gasteiger partial charge in [0.1, 0.15) is 7.05 Å². The summed E-state index contributed by atoms with van der Waals surface area (Å²) < 4.78 is 6.70. The van der Waals surface area contributed by atoms with Crippen LogP contribution < -0.4 is 9.13 Å². The van der Waals surface area contributed by atoms with Gasteiger partial charge < -0.3 is 4.57 Å². The predicted octanol–water partition coefficient (Wildman–Crippen LogP) is 1.17. The fourth-order valence-electron chi connectivity index (χ4n) is 3.89. The molecule has 0 aromatic carbocycles. The van der Waals surface area contributed by atoms with E-state index in [1.54, 1.807) is 0 Å². The van der Waals surface area contributed by atoms with Gasteiger partial charge in [-0.2, -0.15) is 4.57 Å². The number of aryl methyl sites for hydroxylation is 2. The van der Waals surface area contributed by atoms with Crippen molar-refractivity contribution in [2.24, 2.45) is 14.1 Å². The van der Waals surface area contributed by atoms with Crippen molar-refractivity contribution >= 4 is 16.9 Å². The van der Waals surface area contributed by atoms with Crippen LogP contribution in [0.2, 0.25) is 0 Å². The van der Waals surface area contributed by atoms with Gasteiger partial charge in [0.05, 0.1) is 13.5 Å². The van der Waals surface area contributed by atoms with Gasteiger partial charge in [-0.05, 0) is 11.6 Å². The minimum atomic E-state index is 0. The Kier molecular flexibility index (Phi) is 2.31. The Labute approximate surface area is 129 Å². The molecule has 5 heteroatoms. The zero-order valence-electron chi connectivity index (χ0n) is 13.3. The largest absolute Gasteiger partial charge is 0.342 e. The van der Waals surface area contributed by atoms with Crippen LogP contribution in [0.5, 0.6) is 0 Å². The molecule has 0 saturated carbocycles. The summed E-state index contributed by atoms with van der Waals surface area (Å²) in [7, 11) is 4.20. The van der Waals surface area contributed by atoms with E-state index in [-0.39, 0.29) is 0 Å². The van der Waals surface area contributed by atoms with Gasteiger partial charge >= 0.3 is 0 Å².